The first kappa shape index (κ1) is 36.1. The van der Waals surface area contributed by atoms with Gasteiger partial charge < -0.3 is 19.1 Å². The largest absolute Gasteiger partial charge is 0.419 e. The minimum atomic E-state index is -0.458. The van der Waals surface area contributed by atoms with Crippen LogP contribution < -0.4 is 0 Å². The van der Waals surface area contributed by atoms with Crippen LogP contribution in [0.1, 0.15) is 127 Å². The van der Waals surface area contributed by atoms with Crippen molar-refractivity contribution >= 4 is 9.76 Å². The van der Waals surface area contributed by atoms with Crippen LogP contribution >= 0.6 is 0 Å². The highest BCUT2D eigenvalue weighted by Gasteiger charge is 2.29. The average Bonchev–Trinajstić information content (AvgIpc) is 2.84. The van der Waals surface area contributed by atoms with E-state index in [9.17, 15) is 0 Å². The van der Waals surface area contributed by atoms with Crippen LogP contribution in [0.3, 0.4) is 0 Å². The molecular formula is C31H69N3OSi. The van der Waals surface area contributed by atoms with E-state index in [2.05, 4.69) is 77.0 Å². The van der Waals surface area contributed by atoms with Gasteiger partial charge in [-0.3, -0.25) is 0 Å². The zero-order valence-electron chi connectivity index (χ0n) is 26.6. The van der Waals surface area contributed by atoms with Gasteiger partial charge in [-0.25, -0.2) is 0 Å². The highest BCUT2D eigenvalue weighted by atomic mass is 28.2. The molecule has 0 aliphatic rings. The fraction of sp³-hybridized carbons (Fsp3) is 1.00. The molecule has 36 heavy (non-hydrogen) atoms. The SMILES string of the molecule is CCCN(CC)CCCC(CCCN(CC)CCC)(CCCN(CC)CCC)CC[SiH2]OC(C)(C)C. The Balaban J connectivity index is 5.42. The number of rotatable bonds is 25. The lowest BCUT2D eigenvalue weighted by molar-refractivity contribution is 0.130. The van der Waals surface area contributed by atoms with Crippen molar-refractivity contribution in [3.63, 3.8) is 0 Å². The normalized spacial score (nSPS) is 13.3. The third-order valence-corrected chi connectivity index (χ3v) is 9.60. The van der Waals surface area contributed by atoms with Crippen LogP contribution in [0.2, 0.25) is 6.04 Å². The Bertz CT molecular complexity index is 433. The molecule has 0 aromatic carbocycles. The molecule has 0 bridgehead atoms. The number of hydrogen-bond acceptors (Lipinski definition) is 4. The van der Waals surface area contributed by atoms with Gasteiger partial charge in [0.2, 0.25) is 0 Å². The second kappa shape index (κ2) is 21.9. The van der Waals surface area contributed by atoms with E-state index in [1.165, 1.54) is 129 Å². The van der Waals surface area contributed by atoms with Gasteiger partial charge in [0.25, 0.3) is 0 Å². The Kier molecular flexibility index (Phi) is 22.0. The summed E-state index contributed by atoms with van der Waals surface area (Å²) >= 11 is 0. The van der Waals surface area contributed by atoms with Crippen LogP contribution in [0.25, 0.3) is 0 Å². The van der Waals surface area contributed by atoms with Gasteiger partial charge in [0.15, 0.2) is 9.76 Å². The maximum absolute atomic E-state index is 6.32. The summed E-state index contributed by atoms with van der Waals surface area (Å²) < 4.78 is 6.32. The van der Waals surface area contributed by atoms with Crippen LogP contribution in [-0.4, -0.2) is 89.0 Å². The predicted molar refractivity (Wildman–Crippen MR) is 166 cm³/mol. The maximum atomic E-state index is 6.32. The zero-order valence-corrected chi connectivity index (χ0v) is 28.0. The minimum Gasteiger partial charge on any atom is -0.419 e. The lowest BCUT2D eigenvalue weighted by Crippen LogP contribution is -2.32. The van der Waals surface area contributed by atoms with E-state index in [-0.39, 0.29) is 5.60 Å². The molecule has 4 nitrogen and oxygen atoms in total. The molecule has 0 aromatic rings. The average molecular weight is 528 g/mol. The molecule has 0 heterocycles. The van der Waals surface area contributed by atoms with Crippen molar-refractivity contribution in [1.82, 2.24) is 14.7 Å². The molecule has 0 rings (SSSR count). The number of hydrogen-bond donors (Lipinski definition) is 0. The van der Waals surface area contributed by atoms with E-state index in [1.54, 1.807) is 0 Å². The number of nitrogens with zero attached hydrogens (tertiary/aromatic N) is 3. The van der Waals surface area contributed by atoms with Gasteiger partial charge in [-0.15, -0.1) is 0 Å². The van der Waals surface area contributed by atoms with Gasteiger partial charge in [0.05, 0.1) is 0 Å². The molecule has 0 saturated heterocycles. The van der Waals surface area contributed by atoms with Crippen molar-refractivity contribution in [3.05, 3.63) is 0 Å². The van der Waals surface area contributed by atoms with Crippen molar-refractivity contribution in [2.75, 3.05) is 58.9 Å². The van der Waals surface area contributed by atoms with E-state index in [0.29, 0.717) is 5.41 Å². The first-order valence-electron chi connectivity index (χ1n) is 16.0. The summed E-state index contributed by atoms with van der Waals surface area (Å²) in [4.78, 5) is 8.01. The van der Waals surface area contributed by atoms with E-state index >= 15 is 0 Å². The Morgan fingerprint density at radius 2 is 0.889 bits per heavy atom. The molecule has 0 aliphatic carbocycles. The fourth-order valence-electron chi connectivity index (χ4n) is 5.84. The van der Waals surface area contributed by atoms with Gasteiger partial charge in [-0.2, -0.15) is 0 Å². The minimum absolute atomic E-state index is 0.0280. The first-order valence-corrected chi connectivity index (χ1v) is 17.6. The molecule has 0 radical (unpaired) electrons. The van der Waals surface area contributed by atoms with Gasteiger partial charge in [0.1, 0.15) is 0 Å². The van der Waals surface area contributed by atoms with E-state index < -0.39 is 9.76 Å². The van der Waals surface area contributed by atoms with Gasteiger partial charge in [-0.05, 0) is 155 Å². The molecule has 0 fully saturated rings. The monoisotopic (exact) mass is 528 g/mol. The molecule has 0 saturated carbocycles. The van der Waals surface area contributed by atoms with Crippen molar-refractivity contribution in [2.24, 2.45) is 5.41 Å². The van der Waals surface area contributed by atoms with Crippen molar-refractivity contribution in [3.8, 4) is 0 Å². The molecule has 0 spiro atoms. The van der Waals surface area contributed by atoms with Crippen LogP contribution in [-0.2, 0) is 4.43 Å². The topological polar surface area (TPSA) is 19.0 Å². The molecule has 0 unspecified atom stereocenters. The van der Waals surface area contributed by atoms with Crippen molar-refractivity contribution in [1.29, 1.82) is 0 Å². The van der Waals surface area contributed by atoms with Gasteiger partial charge >= 0.3 is 0 Å². The smallest absolute Gasteiger partial charge is 0.162 e. The third kappa shape index (κ3) is 18.3. The predicted octanol–water partition coefficient (Wildman–Crippen LogP) is 7.22. The van der Waals surface area contributed by atoms with Gasteiger partial charge in [0, 0.05) is 5.60 Å². The fourth-order valence-corrected chi connectivity index (χ4v) is 7.49. The van der Waals surface area contributed by atoms with E-state index in [4.69, 9.17) is 4.43 Å². The summed E-state index contributed by atoms with van der Waals surface area (Å²) in [6.07, 6.45) is 13.5. The van der Waals surface area contributed by atoms with E-state index in [1.807, 2.05) is 0 Å². The lowest BCUT2D eigenvalue weighted by atomic mass is 9.73. The molecule has 0 atom stereocenters. The summed E-state index contributed by atoms with van der Waals surface area (Å²) in [5.41, 5.74) is 0.525. The van der Waals surface area contributed by atoms with Crippen LogP contribution in [0.15, 0.2) is 0 Å². The summed E-state index contributed by atoms with van der Waals surface area (Å²) in [5.74, 6) is 0. The van der Waals surface area contributed by atoms with Crippen LogP contribution in [0, 0.1) is 5.41 Å². The molecule has 0 N–H and O–H groups in total. The molecular weight excluding hydrogens is 458 g/mol. The Morgan fingerprint density at radius 1 is 0.528 bits per heavy atom. The van der Waals surface area contributed by atoms with Gasteiger partial charge in [-0.1, -0.05) is 41.5 Å². The lowest BCUT2D eigenvalue weighted by Gasteiger charge is -2.37. The van der Waals surface area contributed by atoms with Crippen LogP contribution in [0.4, 0.5) is 0 Å². The first-order chi connectivity index (χ1) is 17.2. The highest BCUT2D eigenvalue weighted by molar-refractivity contribution is 6.27. The quantitative estimate of drug-likeness (QED) is 0.0921. The Hall–Kier alpha value is 0.0569. The zero-order chi connectivity index (χ0) is 27.3. The molecule has 218 valence electrons. The standard InChI is InChI=1S/C31H69N3OSi/c1-10-23-32(13-4)26-16-19-31(22-29-36-35-30(7,8)9,20-17-27-33(14-5)24-11-2)21-18-28-34(15-6)25-12-3/h10-29,36H2,1-9H3. The maximum Gasteiger partial charge on any atom is 0.162 e. The van der Waals surface area contributed by atoms with Crippen molar-refractivity contribution < 1.29 is 4.43 Å². The second-order valence-corrected chi connectivity index (χ2v) is 13.6. The van der Waals surface area contributed by atoms with E-state index in [0.717, 1.165) is 0 Å². The summed E-state index contributed by atoms with van der Waals surface area (Å²) in [6, 6.07) is 1.34. The Labute approximate surface area is 231 Å². The third-order valence-electron chi connectivity index (χ3n) is 7.89. The molecule has 0 aromatic heterocycles. The summed E-state index contributed by atoms with van der Waals surface area (Å²) in [5, 5.41) is 0. The second-order valence-electron chi connectivity index (χ2n) is 12.2. The molecule has 5 heteroatoms. The molecule has 0 amide bonds. The Morgan fingerprint density at radius 3 is 1.17 bits per heavy atom. The highest BCUT2D eigenvalue weighted by Crippen LogP contribution is 2.40. The van der Waals surface area contributed by atoms with Crippen LogP contribution in [0.5, 0.6) is 0 Å². The molecule has 0 aliphatic heterocycles. The summed E-state index contributed by atoms with van der Waals surface area (Å²) in [6.45, 7) is 31.8. The van der Waals surface area contributed by atoms with Crippen molar-refractivity contribution in [2.45, 2.75) is 138 Å². The summed E-state index contributed by atoms with van der Waals surface area (Å²) in [7, 11) is -0.458.